The molecule has 0 saturated carbocycles. The standard InChI is InChI=1S/C14H18N2O5/c1-2-21-10-5-4-8-15(9-10)12-7-3-6-11(14(17)18)13(12)16(19)20/h3,6-7,10H,2,4-5,8-9H2,1H3,(H,17,18). The average molecular weight is 294 g/mol. The molecule has 7 heteroatoms. The molecule has 1 aromatic rings. The van der Waals surface area contributed by atoms with Crippen molar-refractivity contribution in [3.63, 3.8) is 0 Å². The number of piperidine rings is 1. The number of carboxylic acids is 1. The van der Waals surface area contributed by atoms with Crippen LogP contribution in [0.15, 0.2) is 18.2 Å². The summed E-state index contributed by atoms with van der Waals surface area (Å²) >= 11 is 0. The van der Waals surface area contributed by atoms with Gasteiger partial charge in [0, 0.05) is 19.7 Å². The van der Waals surface area contributed by atoms with Crippen molar-refractivity contribution in [3.05, 3.63) is 33.9 Å². The second-order valence-corrected chi connectivity index (χ2v) is 4.90. The monoisotopic (exact) mass is 294 g/mol. The third kappa shape index (κ3) is 3.30. The van der Waals surface area contributed by atoms with E-state index in [0.29, 0.717) is 25.4 Å². The Hall–Kier alpha value is -2.15. The predicted molar refractivity (Wildman–Crippen MR) is 76.9 cm³/mol. The number of nitro groups is 1. The Labute approximate surface area is 122 Å². The molecule has 1 heterocycles. The van der Waals surface area contributed by atoms with E-state index in [2.05, 4.69) is 0 Å². The van der Waals surface area contributed by atoms with Gasteiger partial charge in [0.1, 0.15) is 11.3 Å². The van der Waals surface area contributed by atoms with Crippen LogP contribution in [-0.4, -0.2) is 41.8 Å². The van der Waals surface area contributed by atoms with E-state index < -0.39 is 10.9 Å². The molecular weight excluding hydrogens is 276 g/mol. The molecule has 1 N–H and O–H groups in total. The number of anilines is 1. The van der Waals surface area contributed by atoms with E-state index in [1.165, 1.54) is 12.1 Å². The third-order valence-corrected chi connectivity index (χ3v) is 3.55. The van der Waals surface area contributed by atoms with Gasteiger partial charge in [-0.1, -0.05) is 6.07 Å². The van der Waals surface area contributed by atoms with Crippen LogP contribution in [0.5, 0.6) is 0 Å². The highest BCUT2D eigenvalue weighted by Gasteiger charge is 2.30. The normalized spacial score (nSPS) is 18.5. The largest absolute Gasteiger partial charge is 0.477 e. The van der Waals surface area contributed by atoms with Crippen molar-refractivity contribution in [2.75, 3.05) is 24.6 Å². The molecule has 114 valence electrons. The molecule has 0 spiro atoms. The van der Waals surface area contributed by atoms with Gasteiger partial charge in [-0.25, -0.2) is 4.79 Å². The predicted octanol–water partition coefficient (Wildman–Crippen LogP) is 2.30. The fraction of sp³-hybridized carbons (Fsp3) is 0.500. The lowest BCUT2D eigenvalue weighted by atomic mass is 10.0. The minimum Gasteiger partial charge on any atom is -0.477 e. The maximum atomic E-state index is 11.3. The fourth-order valence-corrected chi connectivity index (χ4v) is 2.68. The van der Waals surface area contributed by atoms with Crippen molar-refractivity contribution < 1.29 is 19.6 Å². The topological polar surface area (TPSA) is 92.9 Å². The Bertz CT molecular complexity index is 544. The number of aromatic carboxylic acids is 1. The number of para-hydroxylation sites is 1. The molecular formula is C14H18N2O5. The van der Waals surface area contributed by atoms with Crippen LogP contribution in [0.25, 0.3) is 0 Å². The number of rotatable bonds is 5. The first-order chi connectivity index (χ1) is 10.0. The van der Waals surface area contributed by atoms with Crippen LogP contribution in [0.1, 0.15) is 30.1 Å². The van der Waals surface area contributed by atoms with Gasteiger partial charge in [-0.05, 0) is 31.9 Å². The number of hydrogen-bond donors (Lipinski definition) is 1. The highest BCUT2D eigenvalue weighted by Crippen LogP contribution is 2.33. The average Bonchev–Trinajstić information content (AvgIpc) is 2.47. The molecule has 1 fully saturated rings. The maximum absolute atomic E-state index is 11.3. The highest BCUT2D eigenvalue weighted by molar-refractivity contribution is 5.95. The van der Waals surface area contributed by atoms with Gasteiger partial charge < -0.3 is 14.7 Å². The number of hydrogen-bond acceptors (Lipinski definition) is 5. The molecule has 0 bridgehead atoms. The number of carboxylic acid groups (broad SMARTS) is 1. The van der Waals surface area contributed by atoms with Crippen molar-refractivity contribution in [1.82, 2.24) is 0 Å². The zero-order valence-corrected chi connectivity index (χ0v) is 11.8. The van der Waals surface area contributed by atoms with Crippen molar-refractivity contribution in [2.24, 2.45) is 0 Å². The summed E-state index contributed by atoms with van der Waals surface area (Å²) in [6.07, 6.45) is 1.80. The van der Waals surface area contributed by atoms with Crippen LogP contribution < -0.4 is 4.90 Å². The summed E-state index contributed by atoms with van der Waals surface area (Å²) in [6, 6.07) is 4.39. The van der Waals surface area contributed by atoms with E-state index in [9.17, 15) is 14.9 Å². The lowest BCUT2D eigenvalue weighted by Gasteiger charge is -2.33. The Morgan fingerprint density at radius 2 is 2.33 bits per heavy atom. The van der Waals surface area contributed by atoms with E-state index in [1.807, 2.05) is 11.8 Å². The minimum atomic E-state index is -1.29. The molecule has 0 aromatic heterocycles. The Balaban J connectivity index is 2.36. The number of carbonyl (C=O) groups is 1. The highest BCUT2D eigenvalue weighted by atomic mass is 16.6. The number of nitro benzene ring substituents is 1. The van der Waals surface area contributed by atoms with Gasteiger partial charge in [0.2, 0.25) is 0 Å². The number of nitrogens with zero attached hydrogens (tertiary/aromatic N) is 2. The lowest BCUT2D eigenvalue weighted by Crippen LogP contribution is -2.40. The molecule has 7 nitrogen and oxygen atoms in total. The Morgan fingerprint density at radius 1 is 1.57 bits per heavy atom. The second-order valence-electron chi connectivity index (χ2n) is 4.90. The summed E-state index contributed by atoms with van der Waals surface area (Å²) in [6.45, 7) is 3.70. The molecule has 1 atom stereocenters. The Kier molecular flexibility index (Phi) is 4.74. The first kappa shape index (κ1) is 15.2. The molecule has 1 unspecified atom stereocenters. The van der Waals surface area contributed by atoms with E-state index >= 15 is 0 Å². The van der Waals surface area contributed by atoms with Crippen LogP contribution in [0.3, 0.4) is 0 Å². The summed E-state index contributed by atoms with van der Waals surface area (Å²) in [5, 5.41) is 20.4. The Morgan fingerprint density at radius 3 is 2.95 bits per heavy atom. The molecule has 1 aromatic carbocycles. The summed E-state index contributed by atoms with van der Waals surface area (Å²) in [5.41, 5.74) is -0.275. The molecule has 2 rings (SSSR count). The zero-order chi connectivity index (χ0) is 15.4. The molecule has 0 amide bonds. The van der Waals surface area contributed by atoms with Gasteiger partial charge in [0.25, 0.3) is 0 Å². The third-order valence-electron chi connectivity index (χ3n) is 3.55. The van der Waals surface area contributed by atoms with Gasteiger partial charge in [-0.3, -0.25) is 10.1 Å². The van der Waals surface area contributed by atoms with Crippen molar-refractivity contribution >= 4 is 17.3 Å². The van der Waals surface area contributed by atoms with E-state index in [0.717, 1.165) is 12.8 Å². The van der Waals surface area contributed by atoms with Crippen LogP contribution in [0.2, 0.25) is 0 Å². The molecule has 1 saturated heterocycles. The number of ether oxygens (including phenoxy) is 1. The summed E-state index contributed by atoms with van der Waals surface area (Å²) in [5.74, 6) is -1.29. The molecule has 0 aliphatic carbocycles. The van der Waals surface area contributed by atoms with E-state index in [1.54, 1.807) is 6.07 Å². The van der Waals surface area contributed by atoms with Gasteiger partial charge in [-0.15, -0.1) is 0 Å². The molecule has 0 radical (unpaired) electrons. The SMILES string of the molecule is CCOC1CCCN(c2cccc(C(=O)O)c2[N+](=O)[O-])C1. The minimum absolute atomic E-state index is 0.0249. The van der Waals surface area contributed by atoms with E-state index in [4.69, 9.17) is 9.84 Å². The maximum Gasteiger partial charge on any atom is 0.342 e. The van der Waals surface area contributed by atoms with Crippen LogP contribution >= 0.6 is 0 Å². The molecule has 1 aliphatic heterocycles. The van der Waals surface area contributed by atoms with Gasteiger partial charge >= 0.3 is 11.7 Å². The quantitative estimate of drug-likeness (QED) is 0.661. The van der Waals surface area contributed by atoms with Gasteiger partial charge in [-0.2, -0.15) is 0 Å². The van der Waals surface area contributed by atoms with Gasteiger partial charge in [0.15, 0.2) is 0 Å². The second kappa shape index (κ2) is 6.53. The van der Waals surface area contributed by atoms with Gasteiger partial charge in [0.05, 0.1) is 11.0 Å². The first-order valence-corrected chi connectivity index (χ1v) is 6.91. The lowest BCUT2D eigenvalue weighted by molar-refractivity contribution is -0.384. The molecule has 1 aliphatic rings. The first-order valence-electron chi connectivity index (χ1n) is 6.91. The summed E-state index contributed by atoms with van der Waals surface area (Å²) in [7, 11) is 0. The summed E-state index contributed by atoms with van der Waals surface area (Å²) in [4.78, 5) is 23.7. The fourth-order valence-electron chi connectivity index (χ4n) is 2.68. The summed E-state index contributed by atoms with van der Waals surface area (Å²) < 4.78 is 5.58. The van der Waals surface area contributed by atoms with Crippen LogP contribution in [-0.2, 0) is 4.74 Å². The van der Waals surface area contributed by atoms with Crippen LogP contribution in [0.4, 0.5) is 11.4 Å². The smallest absolute Gasteiger partial charge is 0.342 e. The molecule has 21 heavy (non-hydrogen) atoms. The zero-order valence-electron chi connectivity index (χ0n) is 11.8. The van der Waals surface area contributed by atoms with E-state index in [-0.39, 0.29) is 17.4 Å². The van der Waals surface area contributed by atoms with Crippen LogP contribution in [0, 0.1) is 10.1 Å². The van der Waals surface area contributed by atoms with Crippen molar-refractivity contribution in [3.8, 4) is 0 Å². The van der Waals surface area contributed by atoms with Crippen molar-refractivity contribution in [2.45, 2.75) is 25.9 Å². The van der Waals surface area contributed by atoms with Crippen molar-refractivity contribution in [1.29, 1.82) is 0 Å². The number of benzene rings is 1.